The van der Waals surface area contributed by atoms with E-state index in [1.807, 2.05) is 18.2 Å². The van der Waals surface area contributed by atoms with Crippen molar-refractivity contribution in [2.24, 2.45) is 0 Å². The van der Waals surface area contributed by atoms with Gasteiger partial charge in [-0.15, -0.1) is 0 Å². The van der Waals surface area contributed by atoms with Gasteiger partial charge in [-0.05, 0) is 18.2 Å². The molecular weight excluding hydrogens is 292 g/mol. The summed E-state index contributed by atoms with van der Waals surface area (Å²) in [5.74, 6) is 1.49. The molecule has 1 saturated heterocycles. The molecule has 2 heterocycles. The second-order valence-electron chi connectivity index (χ2n) is 5.21. The van der Waals surface area contributed by atoms with Gasteiger partial charge in [0.2, 0.25) is 6.41 Å². The van der Waals surface area contributed by atoms with Crippen LogP contribution in [0.1, 0.15) is 5.56 Å². The number of anilines is 3. The molecule has 7 nitrogen and oxygen atoms in total. The molecule has 116 valence electrons. The first kappa shape index (κ1) is 14.8. The van der Waals surface area contributed by atoms with Crippen LogP contribution in [0.4, 0.5) is 17.3 Å². The van der Waals surface area contributed by atoms with Gasteiger partial charge in [0.25, 0.3) is 0 Å². The van der Waals surface area contributed by atoms with Gasteiger partial charge in [0.15, 0.2) is 0 Å². The number of hydrogen-bond acceptors (Lipinski definition) is 6. The van der Waals surface area contributed by atoms with Crippen LogP contribution in [0, 0.1) is 11.3 Å². The van der Waals surface area contributed by atoms with Gasteiger partial charge in [0, 0.05) is 37.9 Å². The van der Waals surface area contributed by atoms with Crippen LogP contribution in [0.25, 0.3) is 0 Å². The Morgan fingerprint density at radius 3 is 2.74 bits per heavy atom. The third-order valence-electron chi connectivity index (χ3n) is 3.70. The average molecular weight is 308 g/mol. The van der Waals surface area contributed by atoms with Gasteiger partial charge in [0.05, 0.1) is 11.6 Å². The minimum absolute atomic E-state index is 0.592. The summed E-state index contributed by atoms with van der Waals surface area (Å²) in [5.41, 5.74) is 1.40. The summed E-state index contributed by atoms with van der Waals surface area (Å²) < 4.78 is 0. The monoisotopic (exact) mass is 308 g/mol. The first-order chi connectivity index (χ1) is 11.3. The fourth-order valence-electron chi connectivity index (χ4n) is 2.46. The second-order valence-corrected chi connectivity index (χ2v) is 5.21. The lowest BCUT2D eigenvalue weighted by atomic mass is 10.2. The predicted octanol–water partition coefficient (Wildman–Crippen LogP) is 1.37. The zero-order chi connectivity index (χ0) is 16.1. The second kappa shape index (κ2) is 6.75. The van der Waals surface area contributed by atoms with Crippen LogP contribution in [0.2, 0.25) is 0 Å². The van der Waals surface area contributed by atoms with Gasteiger partial charge in [-0.3, -0.25) is 4.79 Å². The highest BCUT2D eigenvalue weighted by atomic mass is 16.1. The van der Waals surface area contributed by atoms with Crippen molar-refractivity contribution in [2.45, 2.75) is 0 Å². The normalized spacial score (nSPS) is 14.2. The van der Waals surface area contributed by atoms with Crippen LogP contribution >= 0.6 is 0 Å². The fraction of sp³-hybridized carbons (Fsp3) is 0.250. The maximum absolute atomic E-state index is 10.8. The highest BCUT2D eigenvalue weighted by Gasteiger charge is 2.17. The third kappa shape index (κ3) is 3.55. The van der Waals surface area contributed by atoms with Crippen LogP contribution < -0.4 is 10.2 Å². The third-order valence-corrected chi connectivity index (χ3v) is 3.70. The Morgan fingerprint density at radius 2 is 2.00 bits per heavy atom. The lowest BCUT2D eigenvalue weighted by Gasteiger charge is -2.33. The molecule has 0 spiro atoms. The number of carbonyl (C=O) groups excluding carboxylic acids is 1. The standard InChI is InChI=1S/C16H16N6O/c17-10-13-2-1-3-14(8-13)20-15-9-16(19-11-18-15)22-6-4-21(12-23)5-7-22/h1-3,8-9,11-12H,4-7H2,(H,18,19,20). The van der Waals surface area contributed by atoms with Crippen molar-refractivity contribution in [3.8, 4) is 6.07 Å². The van der Waals surface area contributed by atoms with Gasteiger partial charge in [-0.2, -0.15) is 5.26 Å². The molecule has 0 bridgehead atoms. The predicted molar refractivity (Wildman–Crippen MR) is 86.3 cm³/mol. The Labute approximate surface area is 134 Å². The van der Waals surface area contributed by atoms with Crippen molar-refractivity contribution < 1.29 is 4.79 Å². The van der Waals surface area contributed by atoms with E-state index in [2.05, 4.69) is 26.3 Å². The molecule has 0 atom stereocenters. The van der Waals surface area contributed by atoms with Crippen molar-refractivity contribution in [1.82, 2.24) is 14.9 Å². The SMILES string of the molecule is N#Cc1cccc(Nc2cc(N3CCN(C=O)CC3)ncn2)c1. The summed E-state index contributed by atoms with van der Waals surface area (Å²) in [5, 5.41) is 12.1. The van der Waals surface area contributed by atoms with Crippen molar-refractivity contribution in [2.75, 3.05) is 36.4 Å². The van der Waals surface area contributed by atoms with E-state index in [4.69, 9.17) is 5.26 Å². The number of amides is 1. The molecule has 7 heteroatoms. The Kier molecular flexibility index (Phi) is 4.34. The maximum atomic E-state index is 10.8. The largest absolute Gasteiger partial charge is 0.353 e. The number of rotatable bonds is 4. The molecule has 23 heavy (non-hydrogen) atoms. The molecule has 3 rings (SSSR count). The lowest BCUT2D eigenvalue weighted by molar-refractivity contribution is -0.118. The Hall–Kier alpha value is -3.14. The molecule has 0 radical (unpaired) electrons. The number of nitrogens with zero attached hydrogens (tertiary/aromatic N) is 5. The van der Waals surface area contributed by atoms with E-state index >= 15 is 0 Å². The zero-order valence-electron chi connectivity index (χ0n) is 12.5. The summed E-state index contributed by atoms with van der Waals surface area (Å²) in [6.45, 7) is 2.89. The van der Waals surface area contributed by atoms with Crippen molar-refractivity contribution in [1.29, 1.82) is 5.26 Å². The van der Waals surface area contributed by atoms with E-state index in [0.29, 0.717) is 24.5 Å². The maximum Gasteiger partial charge on any atom is 0.209 e. The Morgan fingerprint density at radius 1 is 1.17 bits per heavy atom. The Bertz CT molecular complexity index is 733. The number of carbonyl (C=O) groups is 1. The minimum atomic E-state index is 0.592. The first-order valence-electron chi connectivity index (χ1n) is 7.32. The average Bonchev–Trinajstić information content (AvgIpc) is 2.62. The van der Waals surface area contributed by atoms with E-state index in [1.54, 1.807) is 17.0 Å². The van der Waals surface area contributed by atoms with Crippen molar-refractivity contribution >= 4 is 23.7 Å². The molecule has 1 aromatic carbocycles. The summed E-state index contributed by atoms with van der Waals surface area (Å²) in [7, 11) is 0. The van der Waals surface area contributed by atoms with Crippen LogP contribution in [0.5, 0.6) is 0 Å². The number of benzene rings is 1. The topological polar surface area (TPSA) is 85.2 Å². The molecule has 1 amide bonds. The van der Waals surface area contributed by atoms with E-state index in [0.717, 1.165) is 31.0 Å². The van der Waals surface area contributed by atoms with Crippen LogP contribution in [0.3, 0.4) is 0 Å². The van der Waals surface area contributed by atoms with Gasteiger partial charge in [-0.1, -0.05) is 6.07 Å². The van der Waals surface area contributed by atoms with Gasteiger partial charge in [0.1, 0.15) is 18.0 Å². The lowest BCUT2D eigenvalue weighted by Crippen LogP contribution is -2.46. The van der Waals surface area contributed by atoms with Crippen LogP contribution in [-0.4, -0.2) is 47.5 Å². The summed E-state index contributed by atoms with van der Waals surface area (Å²) in [6, 6.07) is 11.2. The summed E-state index contributed by atoms with van der Waals surface area (Å²) >= 11 is 0. The van der Waals surface area contributed by atoms with E-state index in [9.17, 15) is 4.79 Å². The zero-order valence-corrected chi connectivity index (χ0v) is 12.5. The molecule has 0 unspecified atom stereocenters. The molecule has 1 aliphatic rings. The van der Waals surface area contributed by atoms with Crippen LogP contribution in [-0.2, 0) is 4.79 Å². The highest BCUT2D eigenvalue weighted by Crippen LogP contribution is 2.20. The number of nitriles is 1. The number of hydrogen-bond donors (Lipinski definition) is 1. The Balaban J connectivity index is 1.72. The minimum Gasteiger partial charge on any atom is -0.353 e. The quantitative estimate of drug-likeness (QED) is 0.859. The fourth-order valence-corrected chi connectivity index (χ4v) is 2.46. The molecule has 2 aromatic rings. The number of nitrogens with one attached hydrogen (secondary N) is 1. The molecule has 1 aliphatic heterocycles. The van der Waals surface area contributed by atoms with E-state index < -0.39 is 0 Å². The molecule has 1 aromatic heterocycles. The van der Waals surface area contributed by atoms with Crippen molar-refractivity contribution in [3.63, 3.8) is 0 Å². The smallest absolute Gasteiger partial charge is 0.209 e. The molecule has 1 fully saturated rings. The van der Waals surface area contributed by atoms with E-state index in [1.165, 1.54) is 6.33 Å². The number of piperazine rings is 1. The van der Waals surface area contributed by atoms with Gasteiger partial charge in [-0.25, -0.2) is 9.97 Å². The van der Waals surface area contributed by atoms with E-state index in [-0.39, 0.29) is 0 Å². The number of aromatic nitrogens is 2. The molecule has 1 N–H and O–H groups in total. The summed E-state index contributed by atoms with van der Waals surface area (Å²) in [4.78, 5) is 23.2. The highest BCUT2D eigenvalue weighted by molar-refractivity contribution is 5.61. The van der Waals surface area contributed by atoms with Gasteiger partial charge >= 0.3 is 0 Å². The molecular formula is C16H16N6O. The van der Waals surface area contributed by atoms with Crippen molar-refractivity contribution in [3.05, 3.63) is 42.2 Å². The van der Waals surface area contributed by atoms with Gasteiger partial charge < -0.3 is 15.1 Å². The molecule has 0 aliphatic carbocycles. The van der Waals surface area contributed by atoms with Crippen LogP contribution in [0.15, 0.2) is 36.7 Å². The molecule has 0 saturated carbocycles. The summed E-state index contributed by atoms with van der Waals surface area (Å²) in [6.07, 6.45) is 2.39. The first-order valence-corrected chi connectivity index (χ1v) is 7.32.